The molecular formula is C20H21N3O3S. The monoisotopic (exact) mass is 383 g/mol. The van der Waals surface area contributed by atoms with Gasteiger partial charge in [-0.05, 0) is 42.5 Å². The summed E-state index contributed by atoms with van der Waals surface area (Å²) in [5.41, 5.74) is 2.30. The van der Waals surface area contributed by atoms with Crippen molar-refractivity contribution in [3.05, 3.63) is 46.6 Å². The van der Waals surface area contributed by atoms with E-state index in [0.717, 1.165) is 40.8 Å². The summed E-state index contributed by atoms with van der Waals surface area (Å²) in [6.45, 7) is 0.448. The van der Waals surface area contributed by atoms with Crippen LogP contribution in [0.2, 0.25) is 0 Å². The number of carbonyl (C=O) groups excluding carboxylic acids is 1. The molecule has 2 aromatic heterocycles. The van der Waals surface area contributed by atoms with E-state index in [9.17, 15) is 4.79 Å². The predicted octanol–water partition coefficient (Wildman–Crippen LogP) is 3.23. The van der Waals surface area contributed by atoms with Crippen LogP contribution >= 0.6 is 11.3 Å². The summed E-state index contributed by atoms with van der Waals surface area (Å²) in [6, 6.07) is 7.69. The third-order valence-corrected chi connectivity index (χ3v) is 5.98. The number of aromatic nitrogens is 2. The Morgan fingerprint density at radius 1 is 1.30 bits per heavy atom. The Morgan fingerprint density at radius 2 is 2.19 bits per heavy atom. The highest BCUT2D eigenvalue weighted by Crippen LogP contribution is 2.39. The molecule has 0 unspecified atom stereocenters. The van der Waals surface area contributed by atoms with E-state index in [2.05, 4.69) is 9.97 Å². The molecule has 0 fully saturated rings. The first-order chi connectivity index (χ1) is 13.2. The zero-order valence-corrected chi connectivity index (χ0v) is 16.2. The third kappa shape index (κ3) is 3.60. The number of aryl methyl sites for hydroxylation is 2. The van der Waals surface area contributed by atoms with E-state index in [4.69, 9.17) is 9.47 Å². The van der Waals surface area contributed by atoms with Gasteiger partial charge in [-0.15, -0.1) is 11.3 Å². The van der Waals surface area contributed by atoms with Crippen molar-refractivity contribution in [1.82, 2.24) is 14.9 Å². The molecule has 4 rings (SSSR count). The van der Waals surface area contributed by atoms with Gasteiger partial charge >= 0.3 is 0 Å². The van der Waals surface area contributed by atoms with Crippen LogP contribution in [0.1, 0.15) is 22.4 Å². The van der Waals surface area contributed by atoms with Crippen molar-refractivity contribution >= 4 is 27.5 Å². The van der Waals surface area contributed by atoms with Gasteiger partial charge in [-0.2, -0.15) is 0 Å². The molecule has 0 bridgehead atoms. The molecule has 6 nitrogen and oxygen atoms in total. The smallest absolute Gasteiger partial charge is 0.260 e. The van der Waals surface area contributed by atoms with Crippen molar-refractivity contribution in [2.24, 2.45) is 0 Å². The summed E-state index contributed by atoms with van der Waals surface area (Å²) in [5, 5.41) is 0.984. The van der Waals surface area contributed by atoms with E-state index in [0.29, 0.717) is 12.4 Å². The van der Waals surface area contributed by atoms with Gasteiger partial charge in [0.15, 0.2) is 6.61 Å². The van der Waals surface area contributed by atoms with Gasteiger partial charge in [0.2, 0.25) is 5.88 Å². The van der Waals surface area contributed by atoms with E-state index >= 15 is 0 Å². The number of ether oxygens (including phenoxy) is 2. The maximum absolute atomic E-state index is 12.5. The first-order valence-electron chi connectivity index (χ1n) is 8.90. The number of nitrogens with zero attached hydrogens (tertiary/aromatic N) is 3. The lowest BCUT2D eigenvalue weighted by atomic mass is 10.2. The highest BCUT2D eigenvalue weighted by Gasteiger charge is 2.22. The molecule has 2 heterocycles. The Balaban J connectivity index is 1.44. The molecule has 0 spiro atoms. The van der Waals surface area contributed by atoms with Crippen LogP contribution in [0.3, 0.4) is 0 Å². The second-order valence-electron chi connectivity index (χ2n) is 6.61. The van der Waals surface area contributed by atoms with Crippen molar-refractivity contribution < 1.29 is 14.3 Å². The predicted molar refractivity (Wildman–Crippen MR) is 104 cm³/mol. The summed E-state index contributed by atoms with van der Waals surface area (Å²) >= 11 is 1.71. The lowest BCUT2D eigenvalue weighted by Crippen LogP contribution is -2.31. The summed E-state index contributed by atoms with van der Waals surface area (Å²) in [6.07, 6.45) is 4.79. The van der Waals surface area contributed by atoms with Crippen LogP contribution in [0.25, 0.3) is 10.2 Å². The number of fused-ring (bicyclic) bond motifs is 3. The minimum atomic E-state index is -0.101. The molecular weight excluding hydrogens is 362 g/mol. The molecule has 1 aliphatic rings. The molecule has 1 aromatic carbocycles. The third-order valence-electron chi connectivity index (χ3n) is 4.78. The summed E-state index contributed by atoms with van der Waals surface area (Å²) in [4.78, 5) is 25.1. The van der Waals surface area contributed by atoms with Crippen LogP contribution in [-0.4, -0.2) is 41.5 Å². The van der Waals surface area contributed by atoms with E-state index in [1.165, 1.54) is 16.8 Å². The maximum atomic E-state index is 12.5. The lowest BCUT2D eigenvalue weighted by Gasteiger charge is -2.18. The fourth-order valence-electron chi connectivity index (χ4n) is 3.38. The molecule has 140 valence electrons. The zero-order valence-electron chi connectivity index (χ0n) is 15.4. The van der Waals surface area contributed by atoms with Gasteiger partial charge in [0, 0.05) is 18.5 Å². The molecule has 3 aromatic rings. The van der Waals surface area contributed by atoms with Crippen molar-refractivity contribution in [2.75, 3.05) is 20.8 Å². The summed E-state index contributed by atoms with van der Waals surface area (Å²) in [5.74, 6) is 1.19. The first-order valence-corrected chi connectivity index (χ1v) is 9.72. The van der Waals surface area contributed by atoms with Crippen LogP contribution in [-0.2, 0) is 24.2 Å². The average molecular weight is 383 g/mol. The second-order valence-corrected chi connectivity index (χ2v) is 7.69. The normalized spacial score (nSPS) is 12.8. The topological polar surface area (TPSA) is 64.5 Å². The van der Waals surface area contributed by atoms with Gasteiger partial charge in [0.05, 0.1) is 12.5 Å². The Bertz CT molecular complexity index is 986. The number of likely N-dealkylation sites (N-methyl/N-ethyl adjacent to an activating group) is 1. The van der Waals surface area contributed by atoms with Crippen molar-refractivity contribution in [3.63, 3.8) is 0 Å². The Hall–Kier alpha value is -2.67. The summed E-state index contributed by atoms with van der Waals surface area (Å²) < 4.78 is 11.0. The molecule has 27 heavy (non-hydrogen) atoms. The van der Waals surface area contributed by atoms with Gasteiger partial charge in [-0.25, -0.2) is 9.97 Å². The molecule has 0 saturated carbocycles. The number of methoxy groups -OCH3 is 1. The van der Waals surface area contributed by atoms with Crippen LogP contribution < -0.4 is 9.47 Å². The van der Waals surface area contributed by atoms with Crippen molar-refractivity contribution in [1.29, 1.82) is 0 Å². The molecule has 0 aliphatic heterocycles. The Morgan fingerprint density at radius 3 is 3.04 bits per heavy atom. The molecule has 1 amide bonds. The molecule has 1 aliphatic carbocycles. The van der Waals surface area contributed by atoms with Gasteiger partial charge < -0.3 is 14.4 Å². The van der Waals surface area contributed by atoms with Crippen molar-refractivity contribution in [2.45, 2.75) is 25.8 Å². The quantitative estimate of drug-likeness (QED) is 0.654. The fourth-order valence-corrected chi connectivity index (χ4v) is 4.60. The highest BCUT2D eigenvalue weighted by molar-refractivity contribution is 7.18. The van der Waals surface area contributed by atoms with E-state index in [-0.39, 0.29) is 12.5 Å². The number of amides is 1. The first kappa shape index (κ1) is 17.7. The largest absolute Gasteiger partial charge is 0.497 e. The molecule has 0 atom stereocenters. The highest BCUT2D eigenvalue weighted by atomic mass is 32.1. The van der Waals surface area contributed by atoms with Gasteiger partial charge in [0.25, 0.3) is 5.91 Å². The van der Waals surface area contributed by atoms with Crippen molar-refractivity contribution in [3.8, 4) is 11.6 Å². The second kappa shape index (κ2) is 7.52. The van der Waals surface area contributed by atoms with E-state index < -0.39 is 0 Å². The Labute approximate surface area is 161 Å². The lowest BCUT2D eigenvalue weighted by molar-refractivity contribution is -0.132. The SMILES string of the molecule is COc1cccc(CN(C)C(=O)COc2ncnc3sc4c(c23)CCC4)c1. The van der Waals surface area contributed by atoms with E-state index in [1.807, 2.05) is 24.3 Å². The molecule has 0 saturated heterocycles. The molecule has 7 heteroatoms. The van der Waals surface area contributed by atoms with Gasteiger partial charge in [0.1, 0.15) is 16.9 Å². The summed E-state index contributed by atoms with van der Waals surface area (Å²) in [7, 11) is 3.40. The number of hydrogen-bond donors (Lipinski definition) is 0. The van der Waals surface area contributed by atoms with Crippen LogP contribution in [0.15, 0.2) is 30.6 Å². The minimum absolute atomic E-state index is 0.0444. The fraction of sp³-hybridized carbons (Fsp3) is 0.350. The number of thiophene rings is 1. The number of rotatable bonds is 6. The molecule has 0 N–H and O–H groups in total. The zero-order chi connectivity index (χ0) is 18.8. The number of benzene rings is 1. The standard InChI is InChI=1S/C20H21N3O3S/c1-23(10-13-5-3-6-14(9-13)25-2)17(24)11-26-19-18-15-7-4-8-16(15)27-20(18)22-12-21-19/h3,5-6,9,12H,4,7-8,10-11H2,1-2H3. The van der Waals surface area contributed by atoms with Crippen LogP contribution in [0.4, 0.5) is 0 Å². The van der Waals surface area contributed by atoms with Crippen LogP contribution in [0.5, 0.6) is 11.6 Å². The van der Waals surface area contributed by atoms with Gasteiger partial charge in [-0.3, -0.25) is 4.79 Å². The van der Waals surface area contributed by atoms with Gasteiger partial charge in [-0.1, -0.05) is 12.1 Å². The van der Waals surface area contributed by atoms with Crippen LogP contribution in [0, 0.1) is 0 Å². The number of carbonyl (C=O) groups is 1. The molecule has 0 radical (unpaired) electrons. The Kier molecular flexibility index (Phi) is 4.94. The average Bonchev–Trinajstić information content (AvgIpc) is 3.27. The number of hydrogen-bond acceptors (Lipinski definition) is 6. The minimum Gasteiger partial charge on any atom is -0.497 e. The maximum Gasteiger partial charge on any atom is 0.260 e. The van der Waals surface area contributed by atoms with E-state index in [1.54, 1.807) is 30.4 Å².